The number of imidazole rings is 2. The summed E-state index contributed by atoms with van der Waals surface area (Å²) in [6, 6.07) is 9.66. The number of thiophene rings is 2. The van der Waals surface area contributed by atoms with E-state index in [2.05, 4.69) is 53.4 Å². The van der Waals surface area contributed by atoms with Crippen LogP contribution in [0.5, 0.6) is 0 Å². The molecule has 10 rings (SSSR count). The molecule has 2 aliphatic carbocycles. The number of likely N-dealkylation sites (tertiary alicyclic amines) is 1. The van der Waals surface area contributed by atoms with Gasteiger partial charge in [-0.25, -0.2) is 14.8 Å². The minimum absolute atomic E-state index is 0.135. The second-order valence-corrected chi connectivity index (χ2v) is 17.1. The van der Waals surface area contributed by atoms with Crippen molar-refractivity contribution in [3.63, 3.8) is 0 Å². The van der Waals surface area contributed by atoms with E-state index in [1.807, 2.05) is 18.5 Å². The summed E-state index contributed by atoms with van der Waals surface area (Å²) in [5.74, 6) is 3.95. The van der Waals surface area contributed by atoms with Crippen LogP contribution in [0.3, 0.4) is 0 Å². The van der Waals surface area contributed by atoms with Crippen molar-refractivity contribution in [3.05, 3.63) is 46.9 Å². The standard InChI is InChI=1S/C20H21N5O2S.C19H21N5S/c21-7-5-12-1-3-14(4-2-12)25-17-16(9-22-15-6-8-28-18(15)17)23-19(25)13-10-24(11-13)20(26)27;20-7-5-12-1-3-14(4-2-12)24-17-16(23-19(24)13-9-21-10-13)11-22-15-6-8-25-18(15)17/h6,8-9,12-14H,1-5,10-11H2,(H,26,27);6,8,11-14,21H,1-5,9-10H2/t2*12-,14-. The number of aromatic nitrogens is 6. The first kappa shape index (κ1) is 34.2. The molecule has 0 unspecified atom stereocenters. The number of nitrogens with one attached hydrogen (secondary N) is 1. The van der Waals surface area contributed by atoms with Crippen LogP contribution < -0.4 is 5.32 Å². The quantitative estimate of drug-likeness (QED) is 0.171. The summed E-state index contributed by atoms with van der Waals surface area (Å²) in [6.07, 6.45) is 13.1. The molecular weight excluding hydrogens is 705 g/mol. The average molecular weight is 747 g/mol. The van der Waals surface area contributed by atoms with Crippen LogP contribution in [0.4, 0.5) is 4.79 Å². The first-order valence-electron chi connectivity index (χ1n) is 18.9. The maximum atomic E-state index is 11.2. The molecule has 14 heteroatoms. The molecule has 53 heavy (non-hydrogen) atoms. The van der Waals surface area contributed by atoms with E-state index < -0.39 is 6.09 Å². The van der Waals surface area contributed by atoms with Crippen molar-refractivity contribution in [1.29, 1.82) is 10.5 Å². The summed E-state index contributed by atoms with van der Waals surface area (Å²) in [7, 11) is 0. The maximum absolute atomic E-state index is 11.2. The molecule has 2 saturated heterocycles. The molecule has 8 heterocycles. The molecule has 6 aromatic heterocycles. The molecule has 0 bridgehead atoms. The molecule has 0 aromatic carbocycles. The van der Waals surface area contributed by atoms with Crippen molar-refractivity contribution < 1.29 is 9.90 Å². The minimum atomic E-state index is -0.863. The van der Waals surface area contributed by atoms with Crippen molar-refractivity contribution in [2.45, 2.75) is 88.1 Å². The molecule has 12 nitrogen and oxygen atoms in total. The van der Waals surface area contributed by atoms with Crippen molar-refractivity contribution in [1.82, 2.24) is 39.3 Å². The topological polar surface area (TPSA) is 162 Å². The number of nitriles is 2. The Morgan fingerprint density at radius 3 is 1.62 bits per heavy atom. The predicted molar refractivity (Wildman–Crippen MR) is 206 cm³/mol. The van der Waals surface area contributed by atoms with Gasteiger partial charge in [0, 0.05) is 57.0 Å². The van der Waals surface area contributed by atoms with Crippen molar-refractivity contribution >= 4 is 71.3 Å². The van der Waals surface area contributed by atoms with Crippen LogP contribution >= 0.6 is 22.7 Å². The molecule has 0 atom stereocenters. The molecule has 6 aromatic rings. The summed E-state index contributed by atoms with van der Waals surface area (Å²) in [6.45, 7) is 3.05. The van der Waals surface area contributed by atoms with Gasteiger partial charge in [0.1, 0.15) is 22.7 Å². The highest BCUT2D eigenvalue weighted by Gasteiger charge is 2.38. The maximum Gasteiger partial charge on any atom is 0.407 e. The smallest absolute Gasteiger partial charge is 0.407 e. The molecule has 4 aliphatic rings. The Hall–Kier alpha value is -4.63. The first-order valence-corrected chi connectivity index (χ1v) is 20.7. The van der Waals surface area contributed by atoms with Gasteiger partial charge in [-0.3, -0.25) is 9.97 Å². The van der Waals surface area contributed by atoms with Gasteiger partial charge in [0.2, 0.25) is 0 Å². The van der Waals surface area contributed by atoms with Crippen LogP contribution in [0.15, 0.2) is 35.3 Å². The van der Waals surface area contributed by atoms with Crippen molar-refractivity contribution in [2.75, 3.05) is 26.2 Å². The summed E-state index contributed by atoms with van der Waals surface area (Å²) >= 11 is 3.46. The second kappa shape index (κ2) is 14.3. The van der Waals surface area contributed by atoms with E-state index in [-0.39, 0.29) is 5.92 Å². The molecule has 2 N–H and O–H groups in total. The minimum Gasteiger partial charge on any atom is -0.465 e. The molecule has 0 spiro atoms. The zero-order valence-corrected chi connectivity index (χ0v) is 31.2. The lowest BCUT2D eigenvalue weighted by Gasteiger charge is -2.38. The number of pyridine rings is 2. The third kappa shape index (κ3) is 6.20. The van der Waals surface area contributed by atoms with Crippen molar-refractivity contribution in [3.8, 4) is 12.1 Å². The van der Waals surface area contributed by atoms with Crippen molar-refractivity contribution in [2.24, 2.45) is 11.8 Å². The molecule has 2 aliphatic heterocycles. The van der Waals surface area contributed by atoms with E-state index in [0.717, 1.165) is 103 Å². The highest BCUT2D eigenvalue weighted by molar-refractivity contribution is 7.18. The van der Waals surface area contributed by atoms with E-state index in [4.69, 9.17) is 20.5 Å². The number of hydrogen-bond donors (Lipinski definition) is 2. The third-order valence-corrected chi connectivity index (χ3v) is 13.9. The summed E-state index contributed by atoms with van der Waals surface area (Å²) in [4.78, 5) is 31.7. The lowest BCUT2D eigenvalue weighted by molar-refractivity contribution is 0.101. The predicted octanol–water partition coefficient (Wildman–Crippen LogP) is 8.35. The Morgan fingerprint density at radius 1 is 0.736 bits per heavy atom. The van der Waals surface area contributed by atoms with Gasteiger partial charge in [-0.15, -0.1) is 22.7 Å². The lowest BCUT2D eigenvalue weighted by atomic mass is 9.84. The second-order valence-electron chi connectivity index (χ2n) is 15.2. The molecule has 4 fully saturated rings. The SMILES string of the molecule is N#CC[C@H]1CC[C@H](n2c(C3CN(C(=O)O)C3)nc3cnc4ccsc4c32)CC1.N#CC[C@H]1CC[C@H](n2c(C3CNC3)nc3cnc4ccsc4c32)CC1. The lowest BCUT2D eigenvalue weighted by Crippen LogP contribution is -2.48. The Balaban J connectivity index is 0.000000141. The third-order valence-electron chi connectivity index (χ3n) is 12.1. The monoisotopic (exact) mass is 746 g/mol. The number of carboxylic acid groups (broad SMARTS) is 1. The van der Waals surface area contributed by atoms with Crippen LogP contribution in [0, 0.1) is 34.5 Å². The highest BCUT2D eigenvalue weighted by Crippen LogP contribution is 2.43. The van der Waals surface area contributed by atoms with Gasteiger partial charge in [0.05, 0.1) is 61.9 Å². The number of nitrogens with zero attached hydrogens (tertiary/aromatic N) is 9. The number of rotatable bonds is 6. The normalized spacial score (nSPS) is 23.7. The molecule has 1 amide bonds. The number of hydrogen-bond acceptors (Lipinski definition) is 10. The van der Waals surface area contributed by atoms with Crippen LogP contribution in [0.2, 0.25) is 0 Å². The first-order chi connectivity index (χ1) is 26.0. The van der Waals surface area contributed by atoms with E-state index in [1.165, 1.54) is 20.9 Å². The summed E-state index contributed by atoms with van der Waals surface area (Å²) < 4.78 is 7.36. The van der Waals surface area contributed by atoms with E-state index in [9.17, 15) is 9.90 Å². The largest absolute Gasteiger partial charge is 0.465 e. The number of amides is 1. The Labute approximate surface area is 315 Å². The van der Waals surface area contributed by atoms with Crippen LogP contribution in [-0.4, -0.2) is 71.3 Å². The number of carbonyl (C=O) groups is 1. The zero-order chi connectivity index (χ0) is 36.1. The number of fused-ring (bicyclic) bond motifs is 6. The van der Waals surface area contributed by atoms with Crippen LogP contribution in [-0.2, 0) is 0 Å². The van der Waals surface area contributed by atoms with Gasteiger partial charge < -0.3 is 24.5 Å². The summed E-state index contributed by atoms with van der Waals surface area (Å²) in [5, 5.41) is 34.8. The van der Waals surface area contributed by atoms with Gasteiger partial charge in [0.15, 0.2) is 0 Å². The summed E-state index contributed by atoms with van der Waals surface area (Å²) in [5.41, 5.74) is 6.44. The molecule has 0 radical (unpaired) electrons. The molecular formula is C39H42N10O2S2. The Morgan fingerprint density at radius 2 is 1.21 bits per heavy atom. The van der Waals surface area contributed by atoms with Crippen LogP contribution in [0.1, 0.15) is 99.8 Å². The highest BCUT2D eigenvalue weighted by atomic mass is 32.1. The van der Waals surface area contributed by atoms with Gasteiger partial charge in [-0.05, 0) is 86.1 Å². The Kier molecular flexibility index (Phi) is 9.22. The molecule has 2 saturated carbocycles. The Bertz CT molecular complexity index is 2370. The fraction of sp³-hybridized carbons (Fsp3) is 0.513. The van der Waals surface area contributed by atoms with E-state index in [1.54, 1.807) is 22.7 Å². The zero-order valence-electron chi connectivity index (χ0n) is 29.5. The van der Waals surface area contributed by atoms with Gasteiger partial charge in [-0.2, -0.15) is 10.5 Å². The fourth-order valence-corrected chi connectivity index (χ4v) is 10.8. The van der Waals surface area contributed by atoms with Crippen LogP contribution in [0.25, 0.3) is 42.5 Å². The van der Waals surface area contributed by atoms with Gasteiger partial charge in [-0.1, -0.05) is 0 Å². The average Bonchev–Trinajstić information content (AvgIpc) is 3.92. The molecule has 272 valence electrons. The van der Waals surface area contributed by atoms with Gasteiger partial charge >= 0.3 is 6.09 Å². The fourth-order valence-electron chi connectivity index (χ4n) is 9.05. The van der Waals surface area contributed by atoms with E-state index >= 15 is 0 Å². The van der Waals surface area contributed by atoms with E-state index in [0.29, 0.717) is 55.8 Å². The van der Waals surface area contributed by atoms with Gasteiger partial charge in [0.25, 0.3) is 0 Å².